The molecule has 0 aromatic carbocycles. The van der Waals surface area contributed by atoms with Crippen molar-refractivity contribution in [1.29, 1.82) is 0 Å². The summed E-state index contributed by atoms with van der Waals surface area (Å²) in [7, 11) is -3.03. The van der Waals surface area contributed by atoms with Crippen LogP contribution in [0.3, 0.4) is 0 Å². The van der Waals surface area contributed by atoms with E-state index in [0.29, 0.717) is 12.3 Å². The molecule has 5 nitrogen and oxygen atoms in total. The Balaban J connectivity index is 2.55. The van der Waals surface area contributed by atoms with Crippen LogP contribution in [0.2, 0.25) is 0 Å². The van der Waals surface area contributed by atoms with Crippen molar-refractivity contribution in [2.45, 2.75) is 33.6 Å². The third kappa shape index (κ3) is 4.46. The molecule has 1 aliphatic heterocycles. The van der Waals surface area contributed by atoms with Crippen molar-refractivity contribution in [3.8, 4) is 0 Å². The van der Waals surface area contributed by atoms with Crippen LogP contribution in [-0.2, 0) is 14.6 Å². The summed E-state index contributed by atoms with van der Waals surface area (Å²) in [6.07, 6.45) is 1.13. The Kier molecular flexibility index (Phi) is 4.68. The van der Waals surface area contributed by atoms with Gasteiger partial charge < -0.3 is 0 Å². The zero-order chi connectivity index (χ0) is 13.1. The zero-order valence-electron chi connectivity index (χ0n) is 10.6. The highest BCUT2D eigenvalue weighted by molar-refractivity contribution is 7.91. The van der Waals surface area contributed by atoms with Crippen molar-refractivity contribution >= 4 is 21.5 Å². The average Bonchev–Trinajstić information content (AvgIpc) is 2.55. The molecule has 0 saturated heterocycles. The van der Waals surface area contributed by atoms with E-state index in [4.69, 9.17) is 0 Å². The van der Waals surface area contributed by atoms with Gasteiger partial charge in [-0.3, -0.25) is 4.79 Å². The van der Waals surface area contributed by atoms with Gasteiger partial charge in [0.15, 0.2) is 9.84 Å². The number of rotatable bonds is 6. The van der Waals surface area contributed by atoms with Crippen LogP contribution in [0, 0.1) is 5.92 Å². The first-order chi connectivity index (χ1) is 7.84. The maximum Gasteiger partial charge on any atom is 0.248 e. The van der Waals surface area contributed by atoms with E-state index >= 15 is 0 Å². The highest BCUT2D eigenvalue weighted by Gasteiger charge is 2.25. The monoisotopic (exact) mass is 260 g/mol. The summed E-state index contributed by atoms with van der Waals surface area (Å²) in [5.74, 6) is 0.471. The first-order valence-electron chi connectivity index (χ1n) is 5.91. The van der Waals surface area contributed by atoms with Gasteiger partial charge in [-0.25, -0.2) is 13.4 Å². The Bertz CT molecular complexity index is 412. The van der Waals surface area contributed by atoms with Crippen molar-refractivity contribution in [3.05, 3.63) is 0 Å². The molecule has 1 heterocycles. The van der Waals surface area contributed by atoms with Gasteiger partial charge in [0, 0.05) is 11.5 Å². The SMILES string of the molecule is CCS(=O)(=O)CCN1N=C(CC(C)C)CC1=O. The van der Waals surface area contributed by atoms with Gasteiger partial charge in [0.05, 0.1) is 18.7 Å². The highest BCUT2D eigenvalue weighted by atomic mass is 32.2. The van der Waals surface area contributed by atoms with Crippen LogP contribution < -0.4 is 0 Å². The van der Waals surface area contributed by atoms with Crippen LogP contribution in [-0.4, -0.2) is 43.1 Å². The summed E-state index contributed by atoms with van der Waals surface area (Å²) in [6, 6.07) is 0. The number of hydrazone groups is 1. The normalized spacial score (nSPS) is 16.8. The predicted octanol–water partition coefficient (Wildman–Crippen LogP) is 1.06. The number of hydrogen-bond donors (Lipinski definition) is 0. The molecule has 17 heavy (non-hydrogen) atoms. The Morgan fingerprint density at radius 1 is 1.41 bits per heavy atom. The lowest BCUT2D eigenvalue weighted by Gasteiger charge is -2.10. The number of sulfone groups is 1. The molecule has 6 heteroatoms. The van der Waals surface area contributed by atoms with Gasteiger partial charge in [-0.1, -0.05) is 20.8 Å². The van der Waals surface area contributed by atoms with E-state index in [2.05, 4.69) is 18.9 Å². The maximum atomic E-state index is 11.6. The van der Waals surface area contributed by atoms with Crippen LogP contribution in [0.5, 0.6) is 0 Å². The number of carbonyl (C=O) groups is 1. The third-order valence-corrected chi connectivity index (χ3v) is 4.29. The van der Waals surface area contributed by atoms with E-state index in [-0.39, 0.29) is 24.0 Å². The molecule has 0 aromatic heterocycles. The number of amides is 1. The molecule has 0 aromatic rings. The minimum Gasteiger partial charge on any atom is -0.273 e. The molecule has 0 atom stereocenters. The van der Waals surface area contributed by atoms with Crippen LogP contribution in [0.4, 0.5) is 0 Å². The van der Waals surface area contributed by atoms with Gasteiger partial charge in [0.25, 0.3) is 0 Å². The fraction of sp³-hybridized carbons (Fsp3) is 0.818. The summed E-state index contributed by atoms with van der Waals surface area (Å²) in [6.45, 7) is 5.92. The first-order valence-corrected chi connectivity index (χ1v) is 7.73. The summed E-state index contributed by atoms with van der Waals surface area (Å²) in [5.41, 5.74) is 0.860. The van der Waals surface area contributed by atoms with Crippen LogP contribution >= 0.6 is 0 Å². The molecule has 98 valence electrons. The number of nitrogens with zero attached hydrogens (tertiary/aromatic N) is 2. The summed E-state index contributed by atoms with van der Waals surface area (Å²) in [5, 5.41) is 5.48. The quantitative estimate of drug-likeness (QED) is 0.717. The second kappa shape index (κ2) is 5.62. The Labute approximate surface area is 103 Å². The topological polar surface area (TPSA) is 66.8 Å². The summed E-state index contributed by atoms with van der Waals surface area (Å²) >= 11 is 0. The number of hydrogen-bond acceptors (Lipinski definition) is 4. The van der Waals surface area contributed by atoms with E-state index in [1.54, 1.807) is 6.92 Å². The van der Waals surface area contributed by atoms with Crippen molar-refractivity contribution < 1.29 is 13.2 Å². The van der Waals surface area contributed by atoms with Crippen molar-refractivity contribution in [3.63, 3.8) is 0 Å². The van der Waals surface area contributed by atoms with E-state index in [9.17, 15) is 13.2 Å². The van der Waals surface area contributed by atoms with Gasteiger partial charge >= 0.3 is 0 Å². The average molecular weight is 260 g/mol. The summed E-state index contributed by atoms with van der Waals surface area (Å²) in [4.78, 5) is 11.6. The van der Waals surface area contributed by atoms with Crippen molar-refractivity contribution in [2.24, 2.45) is 11.0 Å². The fourth-order valence-electron chi connectivity index (χ4n) is 1.66. The molecular formula is C11H20N2O3S. The molecule has 1 amide bonds. The molecule has 0 saturated carbocycles. The standard InChI is InChI=1S/C11H20N2O3S/c1-4-17(15,16)6-5-13-11(14)8-10(12-13)7-9(2)3/h9H,4-8H2,1-3H3. The van der Waals surface area contributed by atoms with Crippen molar-refractivity contribution in [1.82, 2.24) is 5.01 Å². The summed E-state index contributed by atoms with van der Waals surface area (Å²) < 4.78 is 22.7. The molecule has 0 radical (unpaired) electrons. The Morgan fingerprint density at radius 2 is 2.06 bits per heavy atom. The lowest BCUT2D eigenvalue weighted by molar-refractivity contribution is -0.128. The molecule has 0 N–H and O–H groups in total. The van der Waals surface area contributed by atoms with E-state index in [1.165, 1.54) is 5.01 Å². The lowest BCUT2D eigenvalue weighted by atomic mass is 10.1. The van der Waals surface area contributed by atoms with Crippen LogP contribution in [0.1, 0.15) is 33.6 Å². The number of carbonyl (C=O) groups excluding carboxylic acids is 1. The molecule has 1 aliphatic rings. The second-order valence-corrected chi connectivity index (χ2v) is 7.17. The smallest absolute Gasteiger partial charge is 0.248 e. The molecule has 0 unspecified atom stereocenters. The second-order valence-electron chi connectivity index (χ2n) is 4.69. The van der Waals surface area contributed by atoms with Crippen molar-refractivity contribution in [2.75, 3.05) is 18.1 Å². The van der Waals surface area contributed by atoms with Crippen LogP contribution in [0.25, 0.3) is 0 Å². The van der Waals surface area contributed by atoms with Gasteiger partial charge in [-0.15, -0.1) is 0 Å². The molecule has 0 bridgehead atoms. The molecule has 1 rings (SSSR count). The van der Waals surface area contributed by atoms with E-state index < -0.39 is 9.84 Å². The van der Waals surface area contributed by atoms with E-state index in [0.717, 1.165) is 12.1 Å². The van der Waals surface area contributed by atoms with E-state index in [1.807, 2.05) is 0 Å². The van der Waals surface area contributed by atoms with Crippen LogP contribution in [0.15, 0.2) is 5.10 Å². The maximum absolute atomic E-state index is 11.6. The molecule has 0 fully saturated rings. The largest absolute Gasteiger partial charge is 0.273 e. The Morgan fingerprint density at radius 3 is 2.59 bits per heavy atom. The molecule has 0 aliphatic carbocycles. The molecule has 0 spiro atoms. The van der Waals surface area contributed by atoms with Gasteiger partial charge in [-0.05, 0) is 12.3 Å². The predicted molar refractivity (Wildman–Crippen MR) is 67.5 cm³/mol. The molecular weight excluding hydrogens is 240 g/mol. The first kappa shape index (κ1) is 14.2. The fourth-order valence-corrected chi connectivity index (χ4v) is 2.40. The minimum absolute atomic E-state index is 0.00625. The lowest BCUT2D eigenvalue weighted by Crippen LogP contribution is -2.27. The Hall–Kier alpha value is -0.910. The minimum atomic E-state index is -3.03. The van der Waals surface area contributed by atoms with Gasteiger partial charge in [0.2, 0.25) is 5.91 Å². The van der Waals surface area contributed by atoms with Gasteiger partial charge in [-0.2, -0.15) is 5.10 Å². The highest BCUT2D eigenvalue weighted by Crippen LogP contribution is 2.14. The third-order valence-electron chi connectivity index (χ3n) is 2.60. The van der Waals surface area contributed by atoms with Gasteiger partial charge in [0.1, 0.15) is 0 Å². The zero-order valence-corrected chi connectivity index (χ0v) is 11.5.